The van der Waals surface area contributed by atoms with E-state index in [2.05, 4.69) is 16.3 Å². The molecule has 1 aliphatic heterocycles. The summed E-state index contributed by atoms with van der Waals surface area (Å²) in [4.78, 5) is 27.4. The lowest BCUT2D eigenvalue weighted by Gasteiger charge is -2.29. The fourth-order valence-electron chi connectivity index (χ4n) is 6.08. The summed E-state index contributed by atoms with van der Waals surface area (Å²) in [6.07, 6.45) is 1.42. The van der Waals surface area contributed by atoms with Crippen molar-refractivity contribution in [3.8, 4) is 16.9 Å². The van der Waals surface area contributed by atoms with E-state index in [0.29, 0.717) is 24.3 Å². The number of nitrogens with zero attached hydrogens (tertiary/aromatic N) is 1. The number of methoxy groups -OCH3 is 1. The Labute approximate surface area is 250 Å². The zero-order valence-corrected chi connectivity index (χ0v) is 24.4. The third-order valence-corrected chi connectivity index (χ3v) is 8.24. The predicted octanol–water partition coefficient (Wildman–Crippen LogP) is 6.37. The molecule has 224 valence electrons. The van der Waals surface area contributed by atoms with E-state index in [1.165, 1.54) is 12.1 Å². The van der Waals surface area contributed by atoms with E-state index in [-0.39, 0.29) is 12.0 Å². The molecule has 6 nitrogen and oxygen atoms in total. The van der Waals surface area contributed by atoms with E-state index < -0.39 is 29.9 Å². The van der Waals surface area contributed by atoms with Crippen molar-refractivity contribution in [1.29, 1.82) is 0 Å². The third kappa shape index (κ3) is 6.70. The van der Waals surface area contributed by atoms with Gasteiger partial charge in [-0.2, -0.15) is 0 Å². The molecule has 1 heterocycles. The van der Waals surface area contributed by atoms with Gasteiger partial charge in [0.25, 0.3) is 5.91 Å². The summed E-state index contributed by atoms with van der Waals surface area (Å²) in [7, 11) is 1.63. The number of carboxylic acid groups (broad SMARTS) is 1. The number of carboxylic acids is 1. The lowest BCUT2D eigenvalue weighted by atomic mass is 9.90. The smallest absolute Gasteiger partial charge is 0.326 e. The Morgan fingerprint density at radius 2 is 1.74 bits per heavy atom. The molecular weight excluding hydrogens is 550 g/mol. The first-order valence-corrected chi connectivity index (χ1v) is 14.6. The van der Waals surface area contributed by atoms with E-state index in [4.69, 9.17) is 4.74 Å². The highest BCUT2D eigenvalue weighted by molar-refractivity contribution is 6.01. The van der Waals surface area contributed by atoms with E-state index >= 15 is 0 Å². The van der Waals surface area contributed by atoms with Gasteiger partial charge >= 0.3 is 5.97 Å². The molecule has 0 bridgehead atoms. The molecule has 0 unspecified atom stereocenters. The molecule has 8 heteroatoms. The molecule has 0 spiro atoms. The second kappa shape index (κ2) is 13.3. The molecule has 0 radical (unpaired) electrons. The summed E-state index contributed by atoms with van der Waals surface area (Å²) in [6.45, 7) is 3.68. The molecule has 5 rings (SSSR count). The molecular formula is C35H36F2N2O4. The largest absolute Gasteiger partial charge is 0.496 e. The number of piperidine rings is 1. The number of aliphatic carboxylic acids is 1. The van der Waals surface area contributed by atoms with Gasteiger partial charge in [-0.3, -0.25) is 4.79 Å². The third-order valence-electron chi connectivity index (χ3n) is 8.24. The lowest BCUT2D eigenvalue weighted by molar-refractivity contribution is -0.139. The number of halogens is 2. The summed E-state index contributed by atoms with van der Waals surface area (Å²) in [5.41, 5.74) is 3.95. The van der Waals surface area contributed by atoms with Gasteiger partial charge < -0.3 is 20.1 Å². The van der Waals surface area contributed by atoms with Crippen LogP contribution in [-0.4, -0.2) is 60.8 Å². The van der Waals surface area contributed by atoms with Crippen molar-refractivity contribution in [3.63, 3.8) is 0 Å². The Morgan fingerprint density at radius 3 is 2.49 bits per heavy atom. The highest BCUT2D eigenvalue weighted by Gasteiger charge is 2.25. The molecule has 4 aromatic carbocycles. The number of hydrogen-bond acceptors (Lipinski definition) is 4. The Kier molecular flexibility index (Phi) is 9.36. The zero-order chi connectivity index (χ0) is 30.5. The zero-order valence-electron chi connectivity index (χ0n) is 24.4. The standard InChI is InChI=1S/C35H36F2N2O4/c1-22-8-3-15-29(37)32(22)34(40)38-30(35(41)42)20-24-10-4-13-27-26(24)12-6-14-28(27)33-23(9-5-16-31(33)43-2)17-19-39-18-7-11-25(36)21-39/h3-6,8-10,12-16,25,30H,7,11,17-21H2,1-2H3,(H,38,40)(H,41,42)/t25-,30+/m1/s1. The van der Waals surface area contributed by atoms with Gasteiger partial charge in [0.15, 0.2) is 0 Å². The molecule has 1 amide bonds. The molecule has 43 heavy (non-hydrogen) atoms. The predicted molar refractivity (Wildman–Crippen MR) is 164 cm³/mol. The maximum Gasteiger partial charge on any atom is 0.326 e. The fourth-order valence-corrected chi connectivity index (χ4v) is 6.08. The SMILES string of the molecule is COc1cccc(CCN2CCC[C@@H](F)C2)c1-c1cccc2c(C[C@H](NC(=O)c3c(C)cccc3F)C(=O)O)cccc12. The van der Waals surface area contributed by atoms with Crippen LogP contribution >= 0.6 is 0 Å². The van der Waals surface area contributed by atoms with Gasteiger partial charge in [0.2, 0.25) is 0 Å². The Bertz CT molecular complexity index is 1620. The molecule has 4 aromatic rings. The number of amides is 1. The minimum atomic E-state index is -1.27. The number of hydrogen-bond donors (Lipinski definition) is 2. The number of aryl methyl sites for hydroxylation is 1. The number of nitrogens with one attached hydrogen (secondary N) is 1. The summed E-state index contributed by atoms with van der Waals surface area (Å²) in [5, 5.41) is 14.3. The number of carbonyl (C=O) groups excluding carboxylic acids is 1. The summed E-state index contributed by atoms with van der Waals surface area (Å²) in [5.74, 6) is -1.96. The van der Waals surface area contributed by atoms with Crippen molar-refractivity contribution in [2.24, 2.45) is 0 Å². The van der Waals surface area contributed by atoms with Crippen molar-refractivity contribution < 1.29 is 28.2 Å². The van der Waals surface area contributed by atoms with Crippen LogP contribution in [0.3, 0.4) is 0 Å². The van der Waals surface area contributed by atoms with Gasteiger partial charge in [0, 0.05) is 25.1 Å². The van der Waals surface area contributed by atoms with E-state index in [1.807, 2.05) is 48.5 Å². The average Bonchev–Trinajstić information content (AvgIpc) is 2.99. The van der Waals surface area contributed by atoms with Crippen LogP contribution in [0.5, 0.6) is 5.75 Å². The lowest BCUT2D eigenvalue weighted by Crippen LogP contribution is -2.42. The maximum absolute atomic E-state index is 14.4. The fraction of sp³-hybridized carbons (Fsp3) is 0.314. The Balaban J connectivity index is 1.47. The molecule has 2 N–H and O–H groups in total. The second-order valence-corrected chi connectivity index (χ2v) is 11.1. The molecule has 1 aliphatic rings. The van der Waals surface area contributed by atoms with Crippen LogP contribution in [0, 0.1) is 12.7 Å². The van der Waals surface area contributed by atoms with Crippen molar-refractivity contribution in [3.05, 3.63) is 101 Å². The minimum Gasteiger partial charge on any atom is -0.496 e. The van der Waals surface area contributed by atoms with Crippen LogP contribution < -0.4 is 10.1 Å². The van der Waals surface area contributed by atoms with Crippen molar-refractivity contribution in [2.45, 2.75) is 44.8 Å². The van der Waals surface area contributed by atoms with Crippen molar-refractivity contribution >= 4 is 22.6 Å². The monoisotopic (exact) mass is 586 g/mol. The number of fused-ring (bicyclic) bond motifs is 1. The summed E-state index contributed by atoms with van der Waals surface area (Å²) in [6, 6.07) is 20.5. The van der Waals surface area contributed by atoms with Crippen LogP contribution in [0.4, 0.5) is 8.78 Å². The second-order valence-electron chi connectivity index (χ2n) is 11.1. The van der Waals surface area contributed by atoms with Crippen molar-refractivity contribution in [2.75, 3.05) is 26.7 Å². The summed E-state index contributed by atoms with van der Waals surface area (Å²) >= 11 is 0. The number of ether oxygens (including phenoxy) is 1. The van der Waals surface area contributed by atoms with Gasteiger partial charge in [0.05, 0.1) is 12.7 Å². The first-order chi connectivity index (χ1) is 20.8. The van der Waals surface area contributed by atoms with Crippen LogP contribution in [-0.2, 0) is 17.6 Å². The Morgan fingerprint density at radius 1 is 1.02 bits per heavy atom. The van der Waals surface area contributed by atoms with Gasteiger partial charge in [0.1, 0.15) is 23.8 Å². The highest BCUT2D eigenvalue weighted by atomic mass is 19.1. The van der Waals surface area contributed by atoms with Crippen LogP contribution in [0.15, 0.2) is 72.8 Å². The maximum atomic E-state index is 14.4. The van der Waals surface area contributed by atoms with Gasteiger partial charge in [-0.1, -0.05) is 60.7 Å². The number of alkyl halides is 1. The van der Waals surface area contributed by atoms with E-state index in [0.717, 1.165) is 59.0 Å². The van der Waals surface area contributed by atoms with Gasteiger partial charge in [-0.25, -0.2) is 13.6 Å². The molecule has 0 aliphatic carbocycles. The molecule has 2 atom stereocenters. The summed E-state index contributed by atoms with van der Waals surface area (Å²) < 4.78 is 34.3. The number of likely N-dealkylation sites (tertiary alicyclic amines) is 1. The average molecular weight is 587 g/mol. The molecule has 0 saturated carbocycles. The number of benzene rings is 4. The number of carbonyl (C=O) groups is 2. The number of rotatable bonds is 10. The first kappa shape index (κ1) is 30.2. The topological polar surface area (TPSA) is 78.9 Å². The van der Waals surface area contributed by atoms with E-state index in [1.54, 1.807) is 20.1 Å². The molecule has 1 saturated heterocycles. The molecule has 1 fully saturated rings. The van der Waals surface area contributed by atoms with Gasteiger partial charge in [-0.05, 0) is 77.9 Å². The normalized spacial score (nSPS) is 16.1. The minimum absolute atomic E-state index is 0.00745. The van der Waals surface area contributed by atoms with Crippen molar-refractivity contribution in [1.82, 2.24) is 10.2 Å². The van der Waals surface area contributed by atoms with Crippen LogP contribution in [0.2, 0.25) is 0 Å². The first-order valence-electron chi connectivity index (χ1n) is 14.6. The van der Waals surface area contributed by atoms with E-state index in [9.17, 15) is 23.5 Å². The molecule has 0 aromatic heterocycles. The quantitative estimate of drug-likeness (QED) is 0.226. The Hall–Kier alpha value is -4.30. The highest BCUT2D eigenvalue weighted by Crippen LogP contribution is 2.39. The van der Waals surface area contributed by atoms with Crippen LogP contribution in [0.1, 0.15) is 39.9 Å². The van der Waals surface area contributed by atoms with Crippen LogP contribution in [0.25, 0.3) is 21.9 Å². The van der Waals surface area contributed by atoms with Gasteiger partial charge in [-0.15, -0.1) is 0 Å².